The Morgan fingerprint density at radius 2 is 2.04 bits per heavy atom. The van der Waals surface area contributed by atoms with E-state index in [0.717, 1.165) is 29.3 Å². The summed E-state index contributed by atoms with van der Waals surface area (Å²) < 4.78 is 2.87. The van der Waals surface area contributed by atoms with Crippen molar-refractivity contribution in [2.75, 3.05) is 11.4 Å². The molecule has 3 heterocycles. The van der Waals surface area contributed by atoms with Crippen molar-refractivity contribution < 1.29 is 0 Å². The van der Waals surface area contributed by atoms with E-state index in [1.54, 1.807) is 10.9 Å². The molecule has 1 aromatic carbocycles. The fraction of sp³-hybridized carbons (Fsp3) is 0.0556. The number of rotatable bonds is 3. The number of nitrogens with zero attached hydrogens (tertiary/aromatic N) is 5. The Labute approximate surface area is 148 Å². The second-order valence-electron chi connectivity index (χ2n) is 5.40. The number of hydrogen-bond acceptors (Lipinski definition) is 4. The Kier molecular flexibility index (Phi) is 4.01. The summed E-state index contributed by atoms with van der Waals surface area (Å²) in [4.78, 5) is 6.50. The first kappa shape index (κ1) is 14.9. The van der Waals surface area contributed by atoms with E-state index in [1.165, 1.54) is 4.36 Å². The van der Waals surface area contributed by atoms with Crippen molar-refractivity contribution in [1.29, 1.82) is 0 Å². The van der Waals surface area contributed by atoms with Crippen molar-refractivity contribution in [3.63, 3.8) is 0 Å². The average molecular weight is 375 g/mol. The Morgan fingerprint density at radius 1 is 1.08 bits per heavy atom. The topological polar surface area (TPSA) is 46.8 Å². The van der Waals surface area contributed by atoms with Gasteiger partial charge < -0.3 is 0 Å². The predicted octanol–water partition coefficient (Wildman–Crippen LogP) is 2.72. The Morgan fingerprint density at radius 3 is 2.88 bits per heavy atom. The fourth-order valence-corrected chi connectivity index (χ4v) is 3.08. The summed E-state index contributed by atoms with van der Waals surface area (Å²) >= 11 is 2.57. The van der Waals surface area contributed by atoms with Gasteiger partial charge in [0.2, 0.25) is 0 Å². The SMILES string of the molecule is [As]C1=CN(c2cccc(-c3cn(-c4ccccn4)nn3)c2)CC=C1. The van der Waals surface area contributed by atoms with Gasteiger partial charge in [-0.25, -0.2) is 0 Å². The normalized spacial score (nSPS) is 13.9. The van der Waals surface area contributed by atoms with Gasteiger partial charge in [-0.15, -0.1) is 0 Å². The monoisotopic (exact) mass is 375 g/mol. The number of aromatic nitrogens is 4. The van der Waals surface area contributed by atoms with E-state index >= 15 is 0 Å². The quantitative estimate of drug-likeness (QED) is 0.661. The van der Waals surface area contributed by atoms with Crippen LogP contribution in [-0.4, -0.2) is 43.4 Å². The second kappa shape index (κ2) is 6.46. The second-order valence-corrected chi connectivity index (χ2v) is 6.48. The molecule has 1 aliphatic heterocycles. The van der Waals surface area contributed by atoms with Crippen molar-refractivity contribution >= 4 is 22.5 Å². The maximum atomic E-state index is 4.29. The van der Waals surface area contributed by atoms with E-state index in [-0.39, 0.29) is 0 Å². The molecule has 0 fully saturated rings. The maximum absolute atomic E-state index is 4.29. The van der Waals surface area contributed by atoms with Crippen LogP contribution in [0.4, 0.5) is 5.69 Å². The van der Waals surface area contributed by atoms with Gasteiger partial charge in [0.05, 0.1) is 0 Å². The molecule has 3 aromatic rings. The van der Waals surface area contributed by atoms with Gasteiger partial charge in [-0.1, -0.05) is 0 Å². The van der Waals surface area contributed by atoms with Gasteiger partial charge >= 0.3 is 143 Å². The van der Waals surface area contributed by atoms with Crippen LogP contribution in [0.5, 0.6) is 0 Å². The summed E-state index contributed by atoms with van der Waals surface area (Å²) in [7, 11) is 0. The van der Waals surface area contributed by atoms with Gasteiger partial charge in [-0.05, 0) is 6.07 Å². The number of hydrogen-bond donors (Lipinski definition) is 0. The summed E-state index contributed by atoms with van der Waals surface area (Å²) in [5.41, 5.74) is 2.99. The molecule has 5 nitrogen and oxygen atoms in total. The molecule has 0 bridgehead atoms. The molecule has 0 unspecified atom stereocenters. The molecule has 0 amide bonds. The van der Waals surface area contributed by atoms with Crippen LogP contribution < -0.4 is 4.90 Å². The predicted molar refractivity (Wildman–Crippen MR) is 94.9 cm³/mol. The number of benzene rings is 1. The van der Waals surface area contributed by atoms with Crippen LogP contribution in [0.1, 0.15) is 0 Å². The summed E-state index contributed by atoms with van der Waals surface area (Å²) in [6.45, 7) is 0.866. The third kappa shape index (κ3) is 3.03. The van der Waals surface area contributed by atoms with Gasteiger partial charge in [0, 0.05) is 0 Å². The van der Waals surface area contributed by atoms with Gasteiger partial charge in [0.15, 0.2) is 0 Å². The summed E-state index contributed by atoms with van der Waals surface area (Å²) in [5, 5.41) is 8.47. The third-order valence-corrected chi connectivity index (χ3v) is 4.28. The van der Waals surface area contributed by atoms with Crippen LogP contribution in [0, 0.1) is 0 Å². The summed E-state index contributed by atoms with van der Waals surface area (Å²) in [6.07, 6.45) is 10.0. The minimum atomic E-state index is 0.755. The molecule has 116 valence electrons. The van der Waals surface area contributed by atoms with Crippen molar-refractivity contribution in [2.24, 2.45) is 0 Å². The van der Waals surface area contributed by atoms with Crippen molar-refractivity contribution in [3.8, 4) is 17.1 Å². The molecule has 0 N–H and O–H groups in total. The van der Waals surface area contributed by atoms with Crippen molar-refractivity contribution in [3.05, 3.63) is 77.6 Å². The standard InChI is InChI=1S/C18H14AsN5/c19-15-6-4-10-23(12-15)16-7-3-5-14(11-16)17-13-24(22-21-17)18-8-1-2-9-20-18/h1-9,11-13H,10H2. The van der Waals surface area contributed by atoms with Crippen molar-refractivity contribution in [2.45, 2.75) is 0 Å². The average Bonchev–Trinajstić information content (AvgIpc) is 3.13. The first-order chi connectivity index (χ1) is 11.8. The molecule has 6 heteroatoms. The van der Waals surface area contributed by atoms with Crippen LogP contribution in [0.3, 0.4) is 0 Å². The van der Waals surface area contributed by atoms with E-state index < -0.39 is 0 Å². The zero-order chi connectivity index (χ0) is 16.4. The molecule has 0 saturated heterocycles. The molecule has 0 spiro atoms. The molecular formula is C18H14AsN5. The number of allylic oxidation sites excluding steroid dienone is 2. The molecule has 2 aromatic heterocycles. The van der Waals surface area contributed by atoms with E-state index in [0.29, 0.717) is 0 Å². The molecule has 1 aliphatic rings. The van der Waals surface area contributed by atoms with Crippen LogP contribution in [-0.2, 0) is 0 Å². The Balaban J connectivity index is 1.65. The van der Waals surface area contributed by atoms with Gasteiger partial charge in [-0.3, -0.25) is 0 Å². The molecule has 0 aliphatic carbocycles. The minimum absolute atomic E-state index is 0.755. The summed E-state index contributed by atoms with van der Waals surface area (Å²) in [5.74, 6) is 0.755. The first-order valence-electron chi connectivity index (χ1n) is 7.58. The fourth-order valence-electron chi connectivity index (χ4n) is 2.56. The van der Waals surface area contributed by atoms with Gasteiger partial charge in [0.25, 0.3) is 0 Å². The first-order valence-corrected chi connectivity index (χ1v) is 8.51. The van der Waals surface area contributed by atoms with Crippen LogP contribution in [0.15, 0.2) is 77.6 Å². The van der Waals surface area contributed by atoms with Crippen LogP contribution in [0.25, 0.3) is 17.1 Å². The molecule has 0 saturated carbocycles. The molecular weight excluding hydrogens is 361 g/mol. The van der Waals surface area contributed by atoms with Crippen LogP contribution >= 0.6 is 0 Å². The Bertz CT molecular complexity index is 914. The molecule has 4 rings (SSSR count). The van der Waals surface area contributed by atoms with Gasteiger partial charge in [-0.2, -0.15) is 0 Å². The van der Waals surface area contributed by atoms with E-state index in [4.69, 9.17) is 0 Å². The van der Waals surface area contributed by atoms with Gasteiger partial charge in [0.1, 0.15) is 0 Å². The van der Waals surface area contributed by atoms with Crippen molar-refractivity contribution in [1.82, 2.24) is 20.0 Å². The van der Waals surface area contributed by atoms with E-state index in [1.807, 2.05) is 36.5 Å². The zero-order valence-electron chi connectivity index (χ0n) is 12.8. The Hall–Kier alpha value is -2.65. The molecule has 2 radical (unpaired) electrons. The molecule has 0 atom stereocenters. The van der Waals surface area contributed by atoms with Crippen LogP contribution in [0.2, 0.25) is 0 Å². The number of anilines is 1. The van der Waals surface area contributed by atoms with E-state index in [2.05, 4.69) is 67.5 Å². The third-order valence-electron chi connectivity index (χ3n) is 3.73. The van der Waals surface area contributed by atoms with E-state index in [9.17, 15) is 0 Å². The number of pyridine rings is 1. The molecule has 24 heavy (non-hydrogen) atoms. The summed E-state index contributed by atoms with van der Waals surface area (Å²) in [6, 6.07) is 14.0. The zero-order valence-corrected chi connectivity index (χ0v) is 14.7.